The lowest BCUT2D eigenvalue weighted by Gasteiger charge is -2.38. The Morgan fingerprint density at radius 2 is 1.81 bits per heavy atom. The van der Waals surface area contributed by atoms with Gasteiger partial charge in [0.15, 0.2) is 0 Å². The van der Waals surface area contributed by atoms with E-state index in [1.54, 1.807) is 18.2 Å². The largest absolute Gasteiger partial charge is 0.481 e. The molecule has 0 aliphatic carbocycles. The summed E-state index contributed by atoms with van der Waals surface area (Å²) in [5.41, 5.74) is 1.77. The van der Waals surface area contributed by atoms with Gasteiger partial charge in [-0.05, 0) is 54.8 Å². The van der Waals surface area contributed by atoms with E-state index in [0.29, 0.717) is 33.1 Å². The molecule has 3 rings (SSSR count). The molecule has 0 amide bonds. The van der Waals surface area contributed by atoms with Crippen LogP contribution in [-0.2, 0) is 4.79 Å². The number of carboxylic acid groups (broad SMARTS) is 1. The van der Waals surface area contributed by atoms with Crippen LogP contribution in [0.3, 0.4) is 0 Å². The zero-order valence-electron chi connectivity index (χ0n) is 13.8. The van der Waals surface area contributed by atoms with Crippen LogP contribution in [0.5, 0.6) is 0 Å². The third kappa shape index (κ3) is 4.29. The average molecular weight is 433 g/mol. The molecule has 2 atom stereocenters. The van der Waals surface area contributed by atoms with Crippen molar-refractivity contribution in [2.75, 3.05) is 13.1 Å². The summed E-state index contributed by atoms with van der Waals surface area (Å²) in [6, 6.07) is 10.6. The number of benzene rings is 2. The lowest BCUT2D eigenvalue weighted by Crippen LogP contribution is -2.41. The molecule has 2 aromatic carbocycles. The molecule has 0 saturated carbocycles. The first-order valence-corrected chi connectivity index (χ1v) is 9.74. The Morgan fingerprint density at radius 3 is 2.46 bits per heavy atom. The van der Waals surface area contributed by atoms with Crippen LogP contribution in [0, 0.1) is 5.92 Å². The molecule has 0 bridgehead atoms. The highest BCUT2D eigenvalue weighted by Gasteiger charge is 2.32. The molecule has 0 aromatic heterocycles. The quantitative estimate of drug-likeness (QED) is 0.626. The molecule has 7 heteroatoms. The number of hydrogen-bond acceptors (Lipinski definition) is 2. The Bertz CT molecular complexity index is 827. The van der Waals surface area contributed by atoms with E-state index >= 15 is 0 Å². The van der Waals surface area contributed by atoms with Gasteiger partial charge in [-0.25, -0.2) is 0 Å². The maximum Gasteiger partial charge on any atom is 0.307 e. The lowest BCUT2D eigenvalue weighted by molar-refractivity contribution is -0.143. The highest BCUT2D eigenvalue weighted by Crippen LogP contribution is 2.38. The number of hydrogen-bond donors (Lipinski definition) is 1. The van der Waals surface area contributed by atoms with Crippen molar-refractivity contribution in [2.24, 2.45) is 5.92 Å². The van der Waals surface area contributed by atoms with Crippen molar-refractivity contribution < 1.29 is 9.90 Å². The number of likely N-dealkylation sites (tertiary alicyclic amines) is 1. The molecule has 138 valence electrons. The second-order valence-electron chi connectivity index (χ2n) is 6.41. The number of nitrogens with zero attached hydrogens (tertiary/aromatic N) is 1. The molecule has 1 saturated heterocycles. The van der Waals surface area contributed by atoms with Gasteiger partial charge in [-0.15, -0.1) is 0 Å². The minimum atomic E-state index is -0.773. The fraction of sp³-hybridized carbons (Fsp3) is 0.316. The number of aliphatic carboxylic acids is 1. The van der Waals surface area contributed by atoms with Gasteiger partial charge in [-0.1, -0.05) is 58.5 Å². The fourth-order valence-electron chi connectivity index (χ4n) is 3.44. The van der Waals surface area contributed by atoms with Crippen LogP contribution >= 0.6 is 46.4 Å². The Balaban J connectivity index is 2.06. The van der Waals surface area contributed by atoms with Gasteiger partial charge in [-0.2, -0.15) is 0 Å². The van der Waals surface area contributed by atoms with Crippen LogP contribution < -0.4 is 0 Å². The van der Waals surface area contributed by atoms with Crippen molar-refractivity contribution in [3.63, 3.8) is 0 Å². The van der Waals surface area contributed by atoms with Crippen molar-refractivity contribution in [2.45, 2.75) is 18.9 Å². The summed E-state index contributed by atoms with van der Waals surface area (Å²) in [5, 5.41) is 11.4. The summed E-state index contributed by atoms with van der Waals surface area (Å²) in [5.74, 6) is -1.18. The molecule has 0 radical (unpaired) electrons. The van der Waals surface area contributed by atoms with Crippen LogP contribution in [0.4, 0.5) is 0 Å². The first-order valence-electron chi connectivity index (χ1n) is 8.23. The number of halogens is 4. The van der Waals surface area contributed by atoms with Crippen molar-refractivity contribution in [3.8, 4) is 0 Å². The van der Waals surface area contributed by atoms with Gasteiger partial charge in [0, 0.05) is 16.6 Å². The van der Waals surface area contributed by atoms with Crippen LogP contribution in [0.1, 0.15) is 30.0 Å². The predicted octanol–water partition coefficient (Wildman–Crippen LogP) is 6.19. The van der Waals surface area contributed by atoms with E-state index in [2.05, 4.69) is 4.90 Å². The normalized spacial score (nSPS) is 19.3. The van der Waals surface area contributed by atoms with Gasteiger partial charge in [0.05, 0.1) is 22.0 Å². The minimum Gasteiger partial charge on any atom is -0.481 e. The second-order valence-corrected chi connectivity index (χ2v) is 8.07. The maximum atomic E-state index is 11.5. The topological polar surface area (TPSA) is 40.5 Å². The van der Waals surface area contributed by atoms with Crippen LogP contribution in [0.15, 0.2) is 36.4 Å². The summed E-state index contributed by atoms with van der Waals surface area (Å²) in [4.78, 5) is 13.6. The Morgan fingerprint density at radius 1 is 1.04 bits per heavy atom. The van der Waals surface area contributed by atoms with E-state index in [1.165, 1.54) is 0 Å². The summed E-state index contributed by atoms with van der Waals surface area (Å²) in [6.45, 7) is 1.22. The molecule has 26 heavy (non-hydrogen) atoms. The van der Waals surface area contributed by atoms with E-state index in [9.17, 15) is 9.90 Å². The third-order valence-electron chi connectivity index (χ3n) is 4.68. The molecular weight excluding hydrogens is 416 g/mol. The summed E-state index contributed by atoms with van der Waals surface area (Å²) in [7, 11) is 0. The highest BCUT2D eigenvalue weighted by molar-refractivity contribution is 6.42. The van der Waals surface area contributed by atoms with Gasteiger partial charge in [0.1, 0.15) is 0 Å². The monoisotopic (exact) mass is 431 g/mol. The van der Waals surface area contributed by atoms with Crippen molar-refractivity contribution >= 4 is 52.4 Å². The highest BCUT2D eigenvalue weighted by atomic mass is 35.5. The van der Waals surface area contributed by atoms with Crippen LogP contribution in [0.25, 0.3) is 0 Å². The minimum absolute atomic E-state index is 0.225. The second kappa shape index (κ2) is 8.37. The van der Waals surface area contributed by atoms with Crippen LogP contribution in [0.2, 0.25) is 20.1 Å². The van der Waals surface area contributed by atoms with E-state index in [-0.39, 0.29) is 6.04 Å². The Labute approximate surface area is 172 Å². The molecule has 2 aromatic rings. The number of carbonyl (C=O) groups is 1. The van der Waals surface area contributed by atoms with E-state index in [4.69, 9.17) is 46.4 Å². The molecule has 1 N–H and O–H groups in total. The van der Waals surface area contributed by atoms with Crippen molar-refractivity contribution in [3.05, 3.63) is 67.6 Å². The zero-order valence-corrected chi connectivity index (χ0v) is 16.8. The number of piperidine rings is 1. The molecular formula is C19H17Cl4NO2. The predicted molar refractivity (Wildman–Crippen MR) is 107 cm³/mol. The SMILES string of the molecule is O=C(O)C1CCCN(C(c2ccc(Cl)c(Cl)c2)c2ccc(Cl)cc2Cl)C1. The van der Waals surface area contributed by atoms with Crippen molar-refractivity contribution in [1.82, 2.24) is 4.90 Å². The van der Waals surface area contributed by atoms with Crippen LogP contribution in [-0.4, -0.2) is 29.1 Å². The molecule has 1 heterocycles. The van der Waals surface area contributed by atoms with E-state index in [0.717, 1.165) is 24.1 Å². The first-order chi connectivity index (χ1) is 12.4. The maximum absolute atomic E-state index is 11.5. The molecule has 1 aliphatic heterocycles. The molecule has 3 nitrogen and oxygen atoms in total. The van der Waals surface area contributed by atoms with Gasteiger partial charge in [0.2, 0.25) is 0 Å². The van der Waals surface area contributed by atoms with E-state index in [1.807, 2.05) is 18.2 Å². The van der Waals surface area contributed by atoms with Crippen molar-refractivity contribution in [1.29, 1.82) is 0 Å². The Hall–Kier alpha value is -0.970. The fourth-order valence-corrected chi connectivity index (χ4v) is 4.25. The molecule has 1 fully saturated rings. The van der Waals surface area contributed by atoms with E-state index < -0.39 is 11.9 Å². The lowest BCUT2D eigenvalue weighted by atomic mass is 9.91. The summed E-state index contributed by atoms with van der Waals surface area (Å²) >= 11 is 24.8. The zero-order chi connectivity index (χ0) is 18.8. The molecule has 1 aliphatic rings. The third-order valence-corrected chi connectivity index (χ3v) is 5.99. The smallest absolute Gasteiger partial charge is 0.307 e. The number of rotatable bonds is 4. The average Bonchev–Trinajstić information content (AvgIpc) is 2.60. The summed E-state index contributed by atoms with van der Waals surface area (Å²) in [6.07, 6.45) is 1.48. The molecule has 0 spiro atoms. The Kier molecular flexibility index (Phi) is 6.37. The molecule has 2 unspecified atom stereocenters. The van der Waals surface area contributed by atoms with Gasteiger partial charge >= 0.3 is 5.97 Å². The van der Waals surface area contributed by atoms with Gasteiger partial charge in [0.25, 0.3) is 0 Å². The number of carboxylic acids is 1. The standard InChI is InChI=1S/C19H17Cl4NO2/c20-13-4-5-14(16(22)9-13)18(11-3-6-15(21)17(23)8-11)24-7-1-2-12(10-24)19(25)26/h3-6,8-9,12,18H,1-2,7,10H2,(H,25,26). The first kappa shape index (κ1) is 19.8. The van der Waals surface area contributed by atoms with Gasteiger partial charge < -0.3 is 5.11 Å². The summed E-state index contributed by atoms with van der Waals surface area (Å²) < 4.78 is 0. The van der Waals surface area contributed by atoms with Gasteiger partial charge in [-0.3, -0.25) is 9.69 Å².